The molecule has 0 aromatic carbocycles. The quantitative estimate of drug-likeness (QED) is 0.738. The van der Waals surface area contributed by atoms with Crippen molar-refractivity contribution in [2.75, 3.05) is 12.8 Å². The molecule has 0 bridgehead atoms. The Bertz CT molecular complexity index is 247. The molecule has 0 aliphatic rings. The van der Waals surface area contributed by atoms with Gasteiger partial charge in [0.2, 0.25) is 0 Å². The van der Waals surface area contributed by atoms with Crippen molar-refractivity contribution in [2.24, 2.45) is 5.92 Å². The molecule has 0 aliphatic carbocycles. The number of nitrogens with one attached hydrogen (secondary N) is 1. The van der Waals surface area contributed by atoms with E-state index in [1.807, 2.05) is 27.8 Å². The molecule has 0 aliphatic heterocycles. The van der Waals surface area contributed by atoms with Crippen molar-refractivity contribution in [3.63, 3.8) is 0 Å². The Morgan fingerprint density at radius 3 is 2.00 bits per heavy atom. The van der Waals surface area contributed by atoms with Crippen LogP contribution < -0.4 is 5.32 Å². The van der Waals surface area contributed by atoms with E-state index in [4.69, 9.17) is 0 Å². The van der Waals surface area contributed by atoms with Crippen LogP contribution in [0.5, 0.6) is 0 Å². The molecule has 0 radical (unpaired) electrons. The number of hydrogen-bond acceptors (Lipinski definition) is 3. The molecule has 0 saturated heterocycles. The molecule has 0 aromatic heterocycles. The van der Waals surface area contributed by atoms with Crippen molar-refractivity contribution in [3.8, 4) is 0 Å². The van der Waals surface area contributed by atoms with Gasteiger partial charge in [0.05, 0.1) is 11.0 Å². The molecular weight excluding hydrogens is 198 g/mol. The van der Waals surface area contributed by atoms with Crippen LogP contribution >= 0.6 is 0 Å². The second-order valence-electron chi connectivity index (χ2n) is 4.46. The molecule has 0 fully saturated rings. The third-order valence-corrected chi connectivity index (χ3v) is 4.91. The van der Waals surface area contributed by atoms with E-state index in [0.29, 0.717) is 12.2 Å². The minimum atomic E-state index is -2.90. The smallest absolute Gasteiger partial charge is 0.153 e. The largest absolute Gasteiger partial charge is 0.317 e. The van der Waals surface area contributed by atoms with E-state index in [-0.39, 0.29) is 17.2 Å². The molecule has 14 heavy (non-hydrogen) atoms. The van der Waals surface area contributed by atoms with Crippen LogP contribution in [0.25, 0.3) is 0 Å². The molecule has 0 aromatic rings. The van der Waals surface area contributed by atoms with Crippen molar-refractivity contribution in [1.82, 2.24) is 5.32 Å². The fourth-order valence-corrected chi connectivity index (χ4v) is 3.23. The molecular formula is C10H23NO2S. The van der Waals surface area contributed by atoms with E-state index in [9.17, 15) is 8.42 Å². The van der Waals surface area contributed by atoms with Crippen LogP contribution in [0.15, 0.2) is 0 Å². The SMILES string of the molecule is CNC(C)CC(C)S(=O)(=O)CC(C)C. The maximum absolute atomic E-state index is 11.8. The highest BCUT2D eigenvalue weighted by Crippen LogP contribution is 2.12. The second-order valence-corrected chi connectivity index (χ2v) is 6.92. The van der Waals surface area contributed by atoms with Gasteiger partial charge in [-0.2, -0.15) is 0 Å². The van der Waals surface area contributed by atoms with Crippen molar-refractivity contribution < 1.29 is 8.42 Å². The average Bonchev–Trinajstić information content (AvgIpc) is 2.01. The summed E-state index contributed by atoms with van der Waals surface area (Å²) in [6, 6.07) is 0.256. The van der Waals surface area contributed by atoms with E-state index < -0.39 is 9.84 Å². The maximum Gasteiger partial charge on any atom is 0.153 e. The first-order chi connectivity index (χ1) is 6.29. The topological polar surface area (TPSA) is 46.2 Å². The van der Waals surface area contributed by atoms with Gasteiger partial charge < -0.3 is 5.32 Å². The Hall–Kier alpha value is -0.0900. The summed E-state index contributed by atoms with van der Waals surface area (Å²) in [5.74, 6) is 0.511. The van der Waals surface area contributed by atoms with E-state index in [2.05, 4.69) is 5.32 Å². The number of sulfone groups is 1. The second kappa shape index (κ2) is 5.71. The Labute approximate surface area is 88.2 Å². The van der Waals surface area contributed by atoms with Crippen LogP contribution in [-0.4, -0.2) is 32.5 Å². The summed E-state index contributed by atoms with van der Waals surface area (Å²) < 4.78 is 23.5. The van der Waals surface area contributed by atoms with Gasteiger partial charge >= 0.3 is 0 Å². The first-order valence-electron chi connectivity index (χ1n) is 5.18. The van der Waals surface area contributed by atoms with Gasteiger partial charge in [-0.15, -0.1) is 0 Å². The molecule has 4 heteroatoms. The molecule has 0 saturated carbocycles. The Kier molecular flexibility index (Phi) is 5.67. The average molecular weight is 221 g/mol. The minimum absolute atomic E-state index is 0.215. The lowest BCUT2D eigenvalue weighted by atomic mass is 10.2. The summed E-state index contributed by atoms with van der Waals surface area (Å²) >= 11 is 0. The van der Waals surface area contributed by atoms with Gasteiger partial charge in [-0.1, -0.05) is 13.8 Å². The first kappa shape index (κ1) is 13.9. The van der Waals surface area contributed by atoms with Crippen LogP contribution in [0, 0.1) is 5.92 Å². The predicted molar refractivity (Wildman–Crippen MR) is 61.2 cm³/mol. The summed E-state index contributed by atoms with van der Waals surface area (Å²) in [7, 11) is -1.05. The zero-order valence-electron chi connectivity index (χ0n) is 9.87. The van der Waals surface area contributed by atoms with Crippen LogP contribution in [-0.2, 0) is 9.84 Å². The standard InChI is InChI=1S/C10H23NO2S/c1-8(2)7-14(12,13)10(4)6-9(3)11-5/h8-11H,6-7H2,1-5H3. The highest BCUT2D eigenvalue weighted by Gasteiger charge is 2.23. The summed E-state index contributed by atoms with van der Waals surface area (Å²) in [4.78, 5) is 0. The van der Waals surface area contributed by atoms with Crippen molar-refractivity contribution in [1.29, 1.82) is 0 Å². The van der Waals surface area contributed by atoms with E-state index in [0.717, 1.165) is 0 Å². The van der Waals surface area contributed by atoms with Crippen LogP contribution in [0.1, 0.15) is 34.1 Å². The van der Waals surface area contributed by atoms with Crippen molar-refractivity contribution >= 4 is 9.84 Å². The van der Waals surface area contributed by atoms with Gasteiger partial charge in [-0.05, 0) is 33.2 Å². The monoisotopic (exact) mass is 221 g/mol. The highest BCUT2D eigenvalue weighted by molar-refractivity contribution is 7.92. The highest BCUT2D eigenvalue weighted by atomic mass is 32.2. The van der Waals surface area contributed by atoms with Gasteiger partial charge in [0.1, 0.15) is 0 Å². The van der Waals surface area contributed by atoms with Gasteiger partial charge in [0.25, 0.3) is 0 Å². The lowest BCUT2D eigenvalue weighted by molar-refractivity contribution is 0.524. The Morgan fingerprint density at radius 2 is 1.64 bits per heavy atom. The molecule has 0 heterocycles. The Morgan fingerprint density at radius 1 is 1.14 bits per heavy atom. The summed E-state index contributed by atoms with van der Waals surface area (Å²) in [5, 5.41) is 2.81. The van der Waals surface area contributed by atoms with E-state index in [1.165, 1.54) is 0 Å². The molecule has 86 valence electrons. The number of hydrogen-bond donors (Lipinski definition) is 1. The third kappa shape index (κ3) is 4.96. The lowest BCUT2D eigenvalue weighted by Gasteiger charge is -2.18. The van der Waals surface area contributed by atoms with Gasteiger partial charge in [-0.25, -0.2) is 8.42 Å². The van der Waals surface area contributed by atoms with Crippen LogP contribution in [0.4, 0.5) is 0 Å². The molecule has 0 rings (SSSR count). The van der Waals surface area contributed by atoms with Gasteiger partial charge in [-0.3, -0.25) is 0 Å². The predicted octanol–water partition coefficient (Wildman–Crippen LogP) is 1.44. The molecule has 1 N–H and O–H groups in total. The van der Waals surface area contributed by atoms with E-state index >= 15 is 0 Å². The lowest BCUT2D eigenvalue weighted by Crippen LogP contribution is -2.31. The zero-order valence-corrected chi connectivity index (χ0v) is 10.7. The first-order valence-corrected chi connectivity index (χ1v) is 6.90. The minimum Gasteiger partial charge on any atom is -0.317 e. The maximum atomic E-state index is 11.8. The normalized spacial score (nSPS) is 17.0. The molecule has 0 spiro atoms. The van der Waals surface area contributed by atoms with E-state index in [1.54, 1.807) is 6.92 Å². The Balaban J connectivity index is 4.29. The van der Waals surface area contributed by atoms with Crippen LogP contribution in [0.2, 0.25) is 0 Å². The molecule has 2 atom stereocenters. The zero-order chi connectivity index (χ0) is 11.4. The number of rotatable bonds is 6. The van der Waals surface area contributed by atoms with Crippen LogP contribution in [0.3, 0.4) is 0 Å². The summed E-state index contributed by atoms with van der Waals surface area (Å²) in [6.45, 7) is 7.67. The summed E-state index contributed by atoms with van der Waals surface area (Å²) in [6.07, 6.45) is 0.686. The third-order valence-electron chi connectivity index (χ3n) is 2.36. The fraction of sp³-hybridized carbons (Fsp3) is 1.00. The fourth-order valence-electron chi connectivity index (χ4n) is 1.39. The van der Waals surface area contributed by atoms with Crippen molar-refractivity contribution in [2.45, 2.75) is 45.4 Å². The van der Waals surface area contributed by atoms with Crippen molar-refractivity contribution in [3.05, 3.63) is 0 Å². The summed E-state index contributed by atoms with van der Waals surface area (Å²) in [5.41, 5.74) is 0. The molecule has 0 amide bonds. The van der Waals surface area contributed by atoms with Gasteiger partial charge in [0, 0.05) is 6.04 Å². The molecule has 2 unspecified atom stereocenters. The molecule has 3 nitrogen and oxygen atoms in total. The van der Waals surface area contributed by atoms with Gasteiger partial charge in [0.15, 0.2) is 9.84 Å².